The highest BCUT2D eigenvalue weighted by molar-refractivity contribution is 5.16. The summed E-state index contributed by atoms with van der Waals surface area (Å²) in [4.78, 5) is 0. The third-order valence-electron chi connectivity index (χ3n) is 2.71. The molecule has 4 heteroatoms. The van der Waals surface area contributed by atoms with Crippen molar-refractivity contribution in [3.05, 3.63) is 42.0 Å². The van der Waals surface area contributed by atoms with Crippen LogP contribution in [0.3, 0.4) is 0 Å². The minimum Gasteiger partial charge on any atom is -0.359 e. The topological polar surface area (TPSA) is 57.0 Å². The van der Waals surface area contributed by atoms with Gasteiger partial charge in [0.2, 0.25) is 0 Å². The van der Waals surface area contributed by atoms with Gasteiger partial charge in [-0.2, -0.15) is 0 Å². The van der Waals surface area contributed by atoms with Crippen LogP contribution in [0.25, 0.3) is 0 Å². The minimum atomic E-state index is 0.0935. The Bertz CT molecular complexity index is 431. The van der Waals surface area contributed by atoms with Gasteiger partial charge in [0.25, 0.3) is 0 Å². The van der Waals surface area contributed by atoms with Crippen LogP contribution in [0.15, 0.2) is 35.2 Å². The molecule has 2 aromatic heterocycles. The fourth-order valence-electron chi connectivity index (χ4n) is 1.64. The van der Waals surface area contributed by atoms with E-state index in [4.69, 9.17) is 10.3 Å². The zero-order valence-corrected chi connectivity index (χ0v) is 9.63. The van der Waals surface area contributed by atoms with E-state index in [1.165, 1.54) is 0 Å². The first kappa shape index (κ1) is 11.0. The van der Waals surface area contributed by atoms with E-state index < -0.39 is 0 Å². The van der Waals surface area contributed by atoms with Gasteiger partial charge in [0.05, 0.1) is 12.7 Å². The largest absolute Gasteiger partial charge is 0.359 e. The van der Waals surface area contributed by atoms with Crippen molar-refractivity contribution < 1.29 is 4.52 Å². The molecule has 2 heterocycles. The standard InChI is InChI=1S/C12H17N3O/c1-9(2)12(13)10-4-6-15(7-10)8-11-3-5-14-16-11/h3-7,9,12H,8,13H2,1-2H3. The van der Waals surface area contributed by atoms with Crippen LogP contribution < -0.4 is 5.73 Å². The molecule has 0 aliphatic carbocycles. The van der Waals surface area contributed by atoms with E-state index in [0.717, 1.165) is 11.3 Å². The number of hydrogen-bond donors (Lipinski definition) is 1. The highest BCUT2D eigenvalue weighted by atomic mass is 16.5. The summed E-state index contributed by atoms with van der Waals surface area (Å²) in [7, 11) is 0. The number of rotatable bonds is 4. The Morgan fingerprint density at radius 1 is 1.44 bits per heavy atom. The maximum absolute atomic E-state index is 6.08. The SMILES string of the molecule is CC(C)C(N)c1ccn(Cc2ccno2)c1. The van der Waals surface area contributed by atoms with E-state index in [1.54, 1.807) is 6.20 Å². The highest BCUT2D eigenvalue weighted by Crippen LogP contribution is 2.19. The van der Waals surface area contributed by atoms with Crippen molar-refractivity contribution in [2.45, 2.75) is 26.4 Å². The first-order valence-electron chi connectivity index (χ1n) is 5.47. The van der Waals surface area contributed by atoms with E-state index in [0.29, 0.717) is 12.5 Å². The van der Waals surface area contributed by atoms with Gasteiger partial charge in [0.15, 0.2) is 5.76 Å². The normalized spacial score (nSPS) is 13.2. The van der Waals surface area contributed by atoms with E-state index in [1.807, 2.05) is 12.3 Å². The number of nitrogens with zero attached hydrogens (tertiary/aromatic N) is 2. The summed E-state index contributed by atoms with van der Waals surface area (Å²) >= 11 is 0. The molecule has 0 saturated heterocycles. The average molecular weight is 219 g/mol. The molecule has 0 aliphatic heterocycles. The third-order valence-corrected chi connectivity index (χ3v) is 2.71. The maximum atomic E-state index is 6.08. The molecule has 4 nitrogen and oxygen atoms in total. The molecule has 0 aliphatic rings. The second kappa shape index (κ2) is 4.53. The van der Waals surface area contributed by atoms with Gasteiger partial charge in [0.1, 0.15) is 0 Å². The van der Waals surface area contributed by atoms with Crippen molar-refractivity contribution in [3.8, 4) is 0 Å². The van der Waals surface area contributed by atoms with Crippen LogP contribution in [-0.2, 0) is 6.54 Å². The van der Waals surface area contributed by atoms with Crippen molar-refractivity contribution in [2.75, 3.05) is 0 Å². The summed E-state index contributed by atoms with van der Waals surface area (Å²) in [5.74, 6) is 1.29. The van der Waals surface area contributed by atoms with Crippen LogP contribution in [-0.4, -0.2) is 9.72 Å². The summed E-state index contributed by atoms with van der Waals surface area (Å²) in [6.45, 7) is 4.95. The smallest absolute Gasteiger partial charge is 0.156 e. The summed E-state index contributed by atoms with van der Waals surface area (Å²) in [6.07, 6.45) is 5.73. The van der Waals surface area contributed by atoms with Gasteiger partial charge in [-0.05, 0) is 17.5 Å². The first-order chi connectivity index (χ1) is 7.66. The fourth-order valence-corrected chi connectivity index (χ4v) is 1.64. The summed E-state index contributed by atoms with van der Waals surface area (Å²) in [5, 5.41) is 3.68. The average Bonchev–Trinajstić information content (AvgIpc) is 2.88. The molecular weight excluding hydrogens is 202 g/mol. The van der Waals surface area contributed by atoms with E-state index in [2.05, 4.69) is 35.8 Å². The molecule has 1 atom stereocenters. The Morgan fingerprint density at radius 2 is 2.25 bits per heavy atom. The van der Waals surface area contributed by atoms with Crippen molar-refractivity contribution in [2.24, 2.45) is 11.7 Å². The number of aromatic nitrogens is 2. The second-order valence-electron chi connectivity index (χ2n) is 4.37. The molecule has 0 saturated carbocycles. The van der Waals surface area contributed by atoms with E-state index in [-0.39, 0.29) is 6.04 Å². The lowest BCUT2D eigenvalue weighted by Gasteiger charge is -2.13. The lowest BCUT2D eigenvalue weighted by molar-refractivity contribution is 0.376. The Balaban J connectivity index is 2.08. The summed E-state index contributed by atoms with van der Waals surface area (Å²) < 4.78 is 7.11. The molecule has 0 radical (unpaired) electrons. The molecule has 0 aromatic carbocycles. The summed E-state index contributed by atoms with van der Waals surface area (Å²) in [5.41, 5.74) is 7.24. The molecule has 2 aromatic rings. The third kappa shape index (κ3) is 2.33. The van der Waals surface area contributed by atoms with Gasteiger partial charge >= 0.3 is 0 Å². The Labute approximate surface area is 95.0 Å². The molecule has 1 unspecified atom stereocenters. The molecule has 0 fully saturated rings. The van der Waals surface area contributed by atoms with Gasteiger partial charge in [-0.1, -0.05) is 19.0 Å². The zero-order chi connectivity index (χ0) is 11.5. The number of nitrogens with two attached hydrogens (primary N) is 1. The lowest BCUT2D eigenvalue weighted by Crippen LogP contribution is -2.15. The Kier molecular flexibility index (Phi) is 3.10. The minimum absolute atomic E-state index is 0.0935. The molecular formula is C12H17N3O. The zero-order valence-electron chi connectivity index (χ0n) is 9.63. The van der Waals surface area contributed by atoms with Crippen LogP contribution in [0.2, 0.25) is 0 Å². The molecule has 0 amide bonds. The Morgan fingerprint density at radius 3 is 2.88 bits per heavy atom. The first-order valence-corrected chi connectivity index (χ1v) is 5.47. The predicted octanol–water partition coefficient (Wildman–Crippen LogP) is 2.18. The second-order valence-corrected chi connectivity index (χ2v) is 4.37. The van der Waals surface area contributed by atoms with Crippen LogP contribution in [0, 0.1) is 5.92 Å². The fraction of sp³-hybridized carbons (Fsp3) is 0.417. The highest BCUT2D eigenvalue weighted by Gasteiger charge is 2.11. The predicted molar refractivity (Wildman–Crippen MR) is 61.8 cm³/mol. The Hall–Kier alpha value is -1.55. The number of hydrogen-bond acceptors (Lipinski definition) is 3. The van der Waals surface area contributed by atoms with Gasteiger partial charge in [-0.25, -0.2) is 0 Å². The van der Waals surface area contributed by atoms with E-state index in [9.17, 15) is 0 Å². The van der Waals surface area contributed by atoms with Gasteiger partial charge in [-0.15, -0.1) is 0 Å². The maximum Gasteiger partial charge on any atom is 0.156 e. The van der Waals surface area contributed by atoms with Crippen molar-refractivity contribution >= 4 is 0 Å². The molecule has 0 spiro atoms. The molecule has 86 valence electrons. The molecule has 0 bridgehead atoms. The van der Waals surface area contributed by atoms with Crippen LogP contribution in [0.4, 0.5) is 0 Å². The van der Waals surface area contributed by atoms with Gasteiger partial charge < -0.3 is 14.8 Å². The molecule has 2 rings (SSSR count). The van der Waals surface area contributed by atoms with Crippen molar-refractivity contribution in [1.29, 1.82) is 0 Å². The van der Waals surface area contributed by atoms with Crippen LogP contribution >= 0.6 is 0 Å². The van der Waals surface area contributed by atoms with E-state index >= 15 is 0 Å². The van der Waals surface area contributed by atoms with Gasteiger partial charge in [0, 0.05) is 24.5 Å². The van der Waals surface area contributed by atoms with Crippen molar-refractivity contribution in [1.82, 2.24) is 9.72 Å². The van der Waals surface area contributed by atoms with Crippen LogP contribution in [0.1, 0.15) is 31.2 Å². The van der Waals surface area contributed by atoms with Gasteiger partial charge in [-0.3, -0.25) is 0 Å². The van der Waals surface area contributed by atoms with Crippen LogP contribution in [0.5, 0.6) is 0 Å². The molecule has 2 N–H and O–H groups in total. The summed E-state index contributed by atoms with van der Waals surface area (Å²) in [6, 6.07) is 4.01. The lowest BCUT2D eigenvalue weighted by atomic mass is 10.00. The quantitative estimate of drug-likeness (QED) is 0.857. The monoisotopic (exact) mass is 219 g/mol. The van der Waals surface area contributed by atoms with Crippen molar-refractivity contribution in [3.63, 3.8) is 0 Å². The molecule has 16 heavy (non-hydrogen) atoms.